The van der Waals surface area contributed by atoms with Crippen LogP contribution in [0.15, 0.2) is 48.5 Å². The standard InChI is InChI=1S/C20H23N3O5S/c1-29(26,27)23-15-10-8-14(9-11-15)19(24)22-18-7-3-2-6-17(18)20(25)21-13-16-5-4-12-28-16/h2-3,6-11,16,23H,4-5,12-13H2,1H3,(H,21,25)(H,22,24)/t16-/m0/s1. The van der Waals surface area contributed by atoms with Gasteiger partial charge in [0, 0.05) is 24.4 Å². The number of carbonyl (C=O) groups excluding carboxylic acids is 2. The molecule has 8 nitrogen and oxygen atoms in total. The lowest BCUT2D eigenvalue weighted by atomic mass is 10.1. The van der Waals surface area contributed by atoms with E-state index >= 15 is 0 Å². The van der Waals surface area contributed by atoms with Crippen LogP contribution < -0.4 is 15.4 Å². The summed E-state index contributed by atoms with van der Waals surface area (Å²) in [5.41, 5.74) is 1.44. The lowest BCUT2D eigenvalue weighted by Crippen LogP contribution is -2.32. The molecule has 3 rings (SSSR count). The summed E-state index contributed by atoms with van der Waals surface area (Å²) in [7, 11) is -3.39. The highest BCUT2D eigenvalue weighted by Crippen LogP contribution is 2.18. The Balaban J connectivity index is 1.66. The molecule has 0 aliphatic carbocycles. The van der Waals surface area contributed by atoms with E-state index < -0.39 is 15.9 Å². The molecule has 0 spiro atoms. The molecule has 2 aromatic carbocycles. The third-order valence-electron chi connectivity index (χ3n) is 4.38. The second-order valence-corrected chi connectivity index (χ2v) is 8.54. The molecule has 1 atom stereocenters. The van der Waals surface area contributed by atoms with E-state index in [0.717, 1.165) is 19.1 Å². The zero-order chi connectivity index (χ0) is 20.9. The van der Waals surface area contributed by atoms with Crippen LogP contribution >= 0.6 is 0 Å². The number of benzene rings is 2. The minimum Gasteiger partial charge on any atom is -0.376 e. The zero-order valence-corrected chi connectivity index (χ0v) is 16.8. The summed E-state index contributed by atoms with van der Waals surface area (Å²) in [6.07, 6.45) is 2.99. The van der Waals surface area contributed by atoms with E-state index in [1.165, 1.54) is 24.3 Å². The van der Waals surface area contributed by atoms with Gasteiger partial charge in [0.25, 0.3) is 11.8 Å². The van der Waals surface area contributed by atoms with Crippen molar-refractivity contribution >= 4 is 33.2 Å². The highest BCUT2D eigenvalue weighted by molar-refractivity contribution is 7.92. The van der Waals surface area contributed by atoms with E-state index in [9.17, 15) is 18.0 Å². The number of sulfonamides is 1. The maximum atomic E-state index is 12.6. The first-order valence-electron chi connectivity index (χ1n) is 9.20. The molecule has 0 unspecified atom stereocenters. The third-order valence-corrected chi connectivity index (χ3v) is 4.99. The molecule has 1 aliphatic heterocycles. The van der Waals surface area contributed by atoms with Crippen LogP contribution in [0.3, 0.4) is 0 Å². The van der Waals surface area contributed by atoms with Crippen molar-refractivity contribution in [3.8, 4) is 0 Å². The number of rotatable bonds is 7. The first kappa shape index (κ1) is 20.8. The van der Waals surface area contributed by atoms with E-state index in [1.54, 1.807) is 24.3 Å². The fraction of sp³-hybridized carbons (Fsp3) is 0.300. The van der Waals surface area contributed by atoms with Crippen LogP contribution in [0.4, 0.5) is 11.4 Å². The van der Waals surface area contributed by atoms with E-state index in [2.05, 4.69) is 15.4 Å². The maximum absolute atomic E-state index is 12.6. The summed E-state index contributed by atoms with van der Waals surface area (Å²) in [6.45, 7) is 1.14. The van der Waals surface area contributed by atoms with Crippen molar-refractivity contribution in [3.63, 3.8) is 0 Å². The van der Waals surface area contributed by atoms with Gasteiger partial charge in [-0.05, 0) is 49.2 Å². The molecule has 2 aromatic rings. The van der Waals surface area contributed by atoms with Crippen LogP contribution in [0, 0.1) is 0 Å². The van der Waals surface area contributed by atoms with Gasteiger partial charge in [-0.1, -0.05) is 12.1 Å². The Kier molecular flexibility index (Phi) is 6.50. The summed E-state index contributed by atoms with van der Waals surface area (Å²) >= 11 is 0. The van der Waals surface area contributed by atoms with Gasteiger partial charge < -0.3 is 15.4 Å². The van der Waals surface area contributed by atoms with Gasteiger partial charge in [0.15, 0.2) is 0 Å². The highest BCUT2D eigenvalue weighted by Gasteiger charge is 2.18. The number of hydrogen-bond acceptors (Lipinski definition) is 5. The molecule has 1 aliphatic rings. The Labute approximate surface area is 169 Å². The Bertz CT molecular complexity index is 983. The average Bonchev–Trinajstić information content (AvgIpc) is 3.19. The predicted octanol–water partition coefficient (Wildman–Crippen LogP) is 2.22. The fourth-order valence-corrected chi connectivity index (χ4v) is 3.56. The minimum absolute atomic E-state index is 0.0276. The third kappa shape index (κ3) is 6.03. The van der Waals surface area contributed by atoms with Gasteiger partial charge >= 0.3 is 0 Å². The molecule has 0 saturated carbocycles. The van der Waals surface area contributed by atoms with Gasteiger partial charge in [-0.15, -0.1) is 0 Å². The number of amides is 2. The van der Waals surface area contributed by atoms with E-state index in [1.807, 2.05) is 0 Å². The van der Waals surface area contributed by atoms with Crippen LogP contribution in [0.25, 0.3) is 0 Å². The topological polar surface area (TPSA) is 114 Å². The SMILES string of the molecule is CS(=O)(=O)Nc1ccc(C(=O)Nc2ccccc2C(=O)NC[C@@H]2CCCO2)cc1. The zero-order valence-electron chi connectivity index (χ0n) is 16.0. The Morgan fingerprint density at radius 2 is 1.79 bits per heavy atom. The van der Waals surface area contributed by atoms with Gasteiger partial charge in [0.1, 0.15) is 0 Å². The van der Waals surface area contributed by atoms with Crippen molar-refractivity contribution in [3.05, 3.63) is 59.7 Å². The molecule has 1 saturated heterocycles. The first-order chi connectivity index (χ1) is 13.8. The van der Waals surface area contributed by atoms with Crippen molar-refractivity contribution in [1.29, 1.82) is 0 Å². The summed E-state index contributed by atoms with van der Waals surface area (Å²) in [4.78, 5) is 25.1. The van der Waals surface area contributed by atoms with Gasteiger partial charge in [-0.3, -0.25) is 14.3 Å². The normalized spacial score (nSPS) is 16.2. The number of anilines is 2. The Morgan fingerprint density at radius 1 is 1.07 bits per heavy atom. The van der Waals surface area contributed by atoms with Crippen LogP contribution in [0.1, 0.15) is 33.6 Å². The molecule has 0 radical (unpaired) electrons. The van der Waals surface area contributed by atoms with Crippen molar-refractivity contribution in [2.24, 2.45) is 0 Å². The molecular formula is C20H23N3O5S. The van der Waals surface area contributed by atoms with Crippen molar-refractivity contribution in [1.82, 2.24) is 5.32 Å². The molecule has 2 amide bonds. The number of para-hydroxylation sites is 1. The fourth-order valence-electron chi connectivity index (χ4n) is 3.00. The monoisotopic (exact) mass is 417 g/mol. The lowest BCUT2D eigenvalue weighted by Gasteiger charge is -2.14. The number of ether oxygens (including phenoxy) is 1. The summed E-state index contributed by atoms with van der Waals surface area (Å²) in [5.74, 6) is -0.695. The molecule has 0 aromatic heterocycles. The van der Waals surface area contributed by atoms with Gasteiger partial charge in [-0.25, -0.2) is 8.42 Å². The van der Waals surface area contributed by atoms with E-state index in [-0.39, 0.29) is 12.0 Å². The quantitative estimate of drug-likeness (QED) is 0.639. The largest absolute Gasteiger partial charge is 0.376 e. The molecule has 3 N–H and O–H groups in total. The number of carbonyl (C=O) groups is 2. The summed E-state index contributed by atoms with van der Waals surface area (Å²) < 4.78 is 30.4. The Morgan fingerprint density at radius 3 is 2.45 bits per heavy atom. The molecule has 29 heavy (non-hydrogen) atoms. The molecule has 0 bridgehead atoms. The van der Waals surface area contributed by atoms with Crippen molar-refractivity contribution < 1.29 is 22.7 Å². The van der Waals surface area contributed by atoms with Crippen molar-refractivity contribution in [2.75, 3.05) is 29.4 Å². The Hall–Kier alpha value is -2.91. The summed E-state index contributed by atoms with van der Waals surface area (Å²) in [6, 6.07) is 12.7. The highest BCUT2D eigenvalue weighted by atomic mass is 32.2. The molecule has 1 fully saturated rings. The van der Waals surface area contributed by atoms with Crippen LogP contribution in [0.5, 0.6) is 0 Å². The van der Waals surface area contributed by atoms with Crippen LogP contribution in [-0.4, -0.2) is 45.7 Å². The van der Waals surface area contributed by atoms with Gasteiger partial charge in [0.2, 0.25) is 10.0 Å². The van der Waals surface area contributed by atoms with E-state index in [0.29, 0.717) is 35.7 Å². The smallest absolute Gasteiger partial charge is 0.255 e. The molecule has 1 heterocycles. The predicted molar refractivity (Wildman–Crippen MR) is 111 cm³/mol. The van der Waals surface area contributed by atoms with Gasteiger partial charge in [0.05, 0.1) is 23.6 Å². The van der Waals surface area contributed by atoms with E-state index in [4.69, 9.17) is 4.74 Å². The summed E-state index contributed by atoms with van der Waals surface area (Å²) in [5, 5.41) is 5.58. The molecular weight excluding hydrogens is 394 g/mol. The minimum atomic E-state index is -3.39. The first-order valence-corrected chi connectivity index (χ1v) is 11.1. The van der Waals surface area contributed by atoms with Gasteiger partial charge in [-0.2, -0.15) is 0 Å². The van der Waals surface area contributed by atoms with Crippen LogP contribution in [0.2, 0.25) is 0 Å². The second kappa shape index (κ2) is 9.06. The molecule has 154 valence electrons. The maximum Gasteiger partial charge on any atom is 0.255 e. The molecule has 9 heteroatoms. The second-order valence-electron chi connectivity index (χ2n) is 6.80. The number of hydrogen-bond donors (Lipinski definition) is 3. The van der Waals surface area contributed by atoms with Crippen molar-refractivity contribution in [2.45, 2.75) is 18.9 Å². The van der Waals surface area contributed by atoms with Crippen LogP contribution in [-0.2, 0) is 14.8 Å². The average molecular weight is 417 g/mol. The number of nitrogens with one attached hydrogen (secondary N) is 3. The lowest BCUT2D eigenvalue weighted by molar-refractivity contribution is 0.0858.